The van der Waals surface area contributed by atoms with Crippen molar-refractivity contribution >= 4 is 28.4 Å². The van der Waals surface area contributed by atoms with Gasteiger partial charge in [0.25, 0.3) is 0 Å². The molecule has 0 fully saturated rings. The van der Waals surface area contributed by atoms with E-state index in [0.29, 0.717) is 5.56 Å². The Kier molecular flexibility index (Phi) is 6.20. The van der Waals surface area contributed by atoms with Crippen molar-refractivity contribution in [1.29, 1.82) is 5.26 Å². The number of hydrogen-bond donors (Lipinski definition) is 1. The summed E-state index contributed by atoms with van der Waals surface area (Å²) in [6.07, 6.45) is 3.09. The SMILES string of the molecule is CCCN(CCC)c1cccc2nc(Nc3ccc(C#N)cc3CC)n(C)c12. The molecule has 1 N–H and O–H groups in total. The molecule has 3 rings (SSSR count). The highest BCUT2D eigenvalue weighted by atomic mass is 15.2. The smallest absolute Gasteiger partial charge is 0.208 e. The van der Waals surface area contributed by atoms with E-state index in [4.69, 9.17) is 10.2 Å². The number of para-hydroxylation sites is 1. The highest BCUT2D eigenvalue weighted by Gasteiger charge is 2.16. The molecule has 0 amide bonds. The summed E-state index contributed by atoms with van der Waals surface area (Å²) < 4.78 is 2.14. The van der Waals surface area contributed by atoms with Crippen molar-refractivity contribution in [3.8, 4) is 6.07 Å². The number of nitriles is 1. The Labute approximate surface area is 167 Å². The van der Waals surface area contributed by atoms with Crippen molar-refractivity contribution in [2.75, 3.05) is 23.3 Å². The Morgan fingerprint density at radius 3 is 2.50 bits per heavy atom. The van der Waals surface area contributed by atoms with E-state index in [1.54, 1.807) is 0 Å². The second-order valence-electron chi connectivity index (χ2n) is 7.09. The van der Waals surface area contributed by atoms with Gasteiger partial charge in [-0.3, -0.25) is 0 Å². The second kappa shape index (κ2) is 8.79. The Bertz CT molecular complexity index is 990. The number of benzene rings is 2. The number of nitrogens with one attached hydrogen (secondary N) is 1. The first-order valence-electron chi connectivity index (χ1n) is 10.1. The van der Waals surface area contributed by atoms with Crippen molar-refractivity contribution in [2.24, 2.45) is 7.05 Å². The predicted octanol–water partition coefficient (Wildman–Crippen LogP) is 5.38. The van der Waals surface area contributed by atoms with Crippen molar-refractivity contribution in [3.05, 3.63) is 47.5 Å². The highest BCUT2D eigenvalue weighted by molar-refractivity contribution is 5.91. The van der Waals surface area contributed by atoms with Crippen LogP contribution in [0.4, 0.5) is 17.3 Å². The van der Waals surface area contributed by atoms with Gasteiger partial charge in [-0.1, -0.05) is 26.8 Å². The van der Waals surface area contributed by atoms with E-state index < -0.39 is 0 Å². The largest absolute Gasteiger partial charge is 0.370 e. The summed E-state index contributed by atoms with van der Waals surface area (Å²) in [7, 11) is 2.06. The fourth-order valence-corrected chi connectivity index (χ4v) is 3.71. The van der Waals surface area contributed by atoms with Crippen molar-refractivity contribution in [2.45, 2.75) is 40.0 Å². The van der Waals surface area contributed by atoms with Crippen LogP contribution in [0.5, 0.6) is 0 Å². The third-order valence-electron chi connectivity index (χ3n) is 5.06. The minimum Gasteiger partial charge on any atom is -0.370 e. The molecule has 0 spiro atoms. The molecule has 0 saturated carbocycles. The number of imidazole rings is 1. The molecule has 5 nitrogen and oxygen atoms in total. The Morgan fingerprint density at radius 1 is 1.11 bits per heavy atom. The number of nitrogens with zero attached hydrogens (tertiary/aromatic N) is 4. The zero-order valence-corrected chi connectivity index (χ0v) is 17.3. The topological polar surface area (TPSA) is 56.9 Å². The number of rotatable bonds is 8. The summed E-state index contributed by atoms with van der Waals surface area (Å²) in [6, 6.07) is 14.3. The van der Waals surface area contributed by atoms with Crippen LogP contribution in [0, 0.1) is 11.3 Å². The maximum Gasteiger partial charge on any atom is 0.208 e. The monoisotopic (exact) mass is 375 g/mol. The fourth-order valence-electron chi connectivity index (χ4n) is 3.71. The molecule has 0 aliphatic carbocycles. The standard InChI is InChI=1S/C23H29N5/c1-5-13-28(14-6-2)21-10-8-9-20-22(21)27(4)23(26-20)25-19-12-11-17(16-24)15-18(19)7-3/h8-12,15H,5-7,13-14H2,1-4H3,(H,25,26). The number of fused-ring (bicyclic) bond motifs is 1. The number of aryl methyl sites for hydroxylation is 2. The van der Waals surface area contributed by atoms with Crippen LogP contribution in [0.2, 0.25) is 0 Å². The first kappa shape index (κ1) is 19.8. The summed E-state index contributed by atoms with van der Waals surface area (Å²) in [5.74, 6) is 0.815. The fraction of sp³-hybridized carbons (Fsp3) is 0.391. The molecule has 0 saturated heterocycles. The van der Waals surface area contributed by atoms with E-state index in [9.17, 15) is 0 Å². The van der Waals surface area contributed by atoms with Gasteiger partial charge in [0.1, 0.15) is 0 Å². The van der Waals surface area contributed by atoms with E-state index in [1.807, 2.05) is 18.2 Å². The van der Waals surface area contributed by atoms with Gasteiger partial charge in [0.2, 0.25) is 5.95 Å². The zero-order chi connectivity index (χ0) is 20.1. The van der Waals surface area contributed by atoms with Crippen LogP contribution in [0.3, 0.4) is 0 Å². The molecule has 0 aliphatic heterocycles. The lowest BCUT2D eigenvalue weighted by atomic mass is 10.1. The van der Waals surface area contributed by atoms with Gasteiger partial charge in [-0.25, -0.2) is 4.98 Å². The third-order valence-corrected chi connectivity index (χ3v) is 5.06. The Balaban J connectivity index is 2.04. The molecule has 5 heteroatoms. The van der Waals surface area contributed by atoms with E-state index in [1.165, 1.54) is 5.69 Å². The maximum absolute atomic E-state index is 9.16. The third kappa shape index (κ3) is 3.82. The van der Waals surface area contributed by atoms with Crippen molar-refractivity contribution in [1.82, 2.24) is 9.55 Å². The molecule has 0 atom stereocenters. The molecule has 0 bridgehead atoms. The molecule has 1 aromatic heterocycles. The average molecular weight is 376 g/mol. The highest BCUT2D eigenvalue weighted by Crippen LogP contribution is 2.31. The van der Waals surface area contributed by atoms with Crippen molar-refractivity contribution in [3.63, 3.8) is 0 Å². The lowest BCUT2D eigenvalue weighted by Gasteiger charge is -2.25. The van der Waals surface area contributed by atoms with E-state index >= 15 is 0 Å². The Morgan fingerprint density at radius 2 is 1.86 bits per heavy atom. The van der Waals surface area contributed by atoms with Gasteiger partial charge >= 0.3 is 0 Å². The van der Waals surface area contributed by atoms with Gasteiger partial charge in [-0.2, -0.15) is 5.26 Å². The maximum atomic E-state index is 9.16. The molecule has 3 aromatic rings. The minimum absolute atomic E-state index is 0.685. The van der Waals surface area contributed by atoms with Gasteiger partial charge < -0.3 is 14.8 Å². The summed E-state index contributed by atoms with van der Waals surface area (Å²) in [4.78, 5) is 7.30. The normalized spacial score (nSPS) is 10.8. The van der Waals surface area contributed by atoms with Crippen LogP contribution in [0.25, 0.3) is 11.0 Å². The summed E-state index contributed by atoms with van der Waals surface area (Å²) in [5, 5.41) is 12.6. The molecule has 1 heterocycles. The molecule has 2 aromatic carbocycles. The summed E-state index contributed by atoms with van der Waals surface area (Å²) >= 11 is 0. The first-order valence-corrected chi connectivity index (χ1v) is 10.1. The molecular weight excluding hydrogens is 346 g/mol. The minimum atomic E-state index is 0.685. The van der Waals surface area contributed by atoms with E-state index in [-0.39, 0.29) is 0 Å². The van der Waals surface area contributed by atoms with Crippen LogP contribution in [-0.4, -0.2) is 22.6 Å². The van der Waals surface area contributed by atoms with Crippen LogP contribution in [0.1, 0.15) is 44.7 Å². The van der Waals surface area contributed by atoms with E-state index in [2.05, 4.69) is 66.9 Å². The molecule has 0 unspecified atom stereocenters. The van der Waals surface area contributed by atoms with Gasteiger partial charge in [0.15, 0.2) is 0 Å². The molecule has 28 heavy (non-hydrogen) atoms. The summed E-state index contributed by atoms with van der Waals surface area (Å²) in [6.45, 7) is 8.61. The van der Waals surface area contributed by atoms with Gasteiger partial charge in [0, 0.05) is 25.8 Å². The van der Waals surface area contributed by atoms with E-state index in [0.717, 1.165) is 60.6 Å². The van der Waals surface area contributed by atoms with Gasteiger partial charge in [-0.05, 0) is 55.2 Å². The Hall–Kier alpha value is -3.00. The molecule has 146 valence electrons. The number of anilines is 3. The lowest BCUT2D eigenvalue weighted by molar-refractivity contribution is 0.745. The van der Waals surface area contributed by atoms with Gasteiger partial charge in [-0.15, -0.1) is 0 Å². The summed E-state index contributed by atoms with van der Waals surface area (Å²) in [5.41, 5.74) is 6.18. The lowest BCUT2D eigenvalue weighted by Crippen LogP contribution is -2.25. The van der Waals surface area contributed by atoms with Crippen LogP contribution in [-0.2, 0) is 13.5 Å². The quantitative estimate of drug-likeness (QED) is 0.574. The van der Waals surface area contributed by atoms with Crippen molar-refractivity contribution < 1.29 is 0 Å². The average Bonchev–Trinajstić information content (AvgIpc) is 3.03. The number of hydrogen-bond acceptors (Lipinski definition) is 4. The number of aromatic nitrogens is 2. The molecule has 0 radical (unpaired) electrons. The second-order valence-corrected chi connectivity index (χ2v) is 7.09. The predicted molar refractivity (Wildman–Crippen MR) is 117 cm³/mol. The first-order chi connectivity index (χ1) is 13.6. The van der Waals surface area contributed by atoms with Crippen LogP contribution in [0.15, 0.2) is 36.4 Å². The van der Waals surface area contributed by atoms with Crippen LogP contribution >= 0.6 is 0 Å². The van der Waals surface area contributed by atoms with Crippen LogP contribution < -0.4 is 10.2 Å². The van der Waals surface area contributed by atoms with Gasteiger partial charge in [0.05, 0.1) is 28.4 Å². The zero-order valence-electron chi connectivity index (χ0n) is 17.3. The molecule has 0 aliphatic rings. The molecular formula is C23H29N5.